The van der Waals surface area contributed by atoms with Crippen LogP contribution in [-0.4, -0.2) is 8.42 Å². The van der Waals surface area contributed by atoms with E-state index in [0.29, 0.717) is 23.8 Å². The highest BCUT2D eigenvalue weighted by atomic mass is 32.2. The maximum Gasteiger partial charge on any atom is 0.238 e. The Kier molecular flexibility index (Phi) is 3.28. The minimum Gasteiger partial charge on any atom is -0.378 e. The monoisotopic (exact) mass is 354 g/mol. The van der Waals surface area contributed by atoms with E-state index in [4.69, 9.17) is 5.14 Å². The molecule has 130 valence electrons. The molecule has 1 heterocycles. The summed E-state index contributed by atoms with van der Waals surface area (Å²) in [6.07, 6.45) is 3.81. The Morgan fingerprint density at radius 2 is 1.76 bits per heavy atom. The van der Waals surface area contributed by atoms with E-state index in [0.717, 1.165) is 17.2 Å². The molecule has 5 rings (SSSR count). The third kappa shape index (κ3) is 2.33. The fraction of sp³-hybridized carbons (Fsp3) is 0.400. The SMILES string of the molecule is NS(=O)(=O)c1ccc2c(c1)C1C3CCC(C3)C1C(c1ccccc1)N2. The second-order valence-electron chi connectivity index (χ2n) is 7.76. The second kappa shape index (κ2) is 5.32. The van der Waals surface area contributed by atoms with Gasteiger partial charge in [0.2, 0.25) is 10.0 Å². The molecule has 2 fully saturated rings. The topological polar surface area (TPSA) is 72.2 Å². The zero-order valence-corrected chi connectivity index (χ0v) is 14.7. The molecule has 0 saturated heterocycles. The van der Waals surface area contributed by atoms with Crippen LogP contribution in [0.3, 0.4) is 0 Å². The van der Waals surface area contributed by atoms with Crippen molar-refractivity contribution in [1.82, 2.24) is 0 Å². The van der Waals surface area contributed by atoms with Crippen LogP contribution in [-0.2, 0) is 10.0 Å². The van der Waals surface area contributed by atoms with Crippen LogP contribution < -0.4 is 10.5 Å². The number of benzene rings is 2. The van der Waals surface area contributed by atoms with E-state index < -0.39 is 10.0 Å². The maximum absolute atomic E-state index is 11.8. The van der Waals surface area contributed by atoms with Gasteiger partial charge in [-0.1, -0.05) is 30.3 Å². The molecule has 25 heavy (non-hydrogen) atoms. The van der Waals surface area contributed by atoms with Gasteiger partial charge in [-0.25, -0.2) is 13.6 Å². The number of hydrogen-bond donors (Lipinski definition) is 2. The second-order valence-corrected chi connectivity index (χ2v) is 9.32. The molecule has 3 N–H and O–H groups in total. The van der Waals surface area contributed by atoms with Gasteiger partial charge in [0.25, 0.3) is 0 Å². The predicted molar refractivity (Wildman–Crippen MR) is 97.7 cm³/mol. The highest BCUT2D eigenvalue weighted by Crippen LogP contribution is 2.63. The van der Waals surface area contributed by atoms with E-state index in [2.05, 4.69) is 35.6 Å². The molecule has 0 amide bonds. The minimum atomic E-state index is -3.67. The third-order valence-corrected chi connectivity index (χ3v) is 7.46. The molecular formula is C20H22N2O2S. The van der Waals surface area contributed by atoms with Gasteiger partial charge in [0.05, 0.1) is 10.9 Å². The Morgan fingerprint density at radius 1 is 1.00 bits per heavy atom. The molecule has 5 unspecified atom stereocenters. The van der Waals surface area contributed by atoms with Crippen molar-refractivity contribution in [2.45, 2.75) is 36.1 Å². The lowest BCUT2D eigenvalue weighted by molar-refractivity contribution is 0.247. The largest absolute Gasteiger partial charge is 0.378 e. The van der Waals surface area contributed by atoms with Crippen molar-refractivity contribution >= 4 is 15.7 Å². The number of sulfonamides is 1. The average molecular weight is 354 g/mol. The van der Waals surface area contributed by atoms with Gasteiger partial charge in [0, 0.05) is 5.69 Å². The fourth-order valence-corrected chi connectivity index (χ4v) is 6.18. The molecule has 2 bridgehead atoms. The number of anilines is 1. The lowest BCUT2D eigenvalue weighted by Crippen LogP contribution is -2.35. The zero-order valence-electron chi connectivity index (χ0n) is 13.9. The highest BCUT2D eigenvalue weighted by Gasteiger charge is 2.53. The lowest BCUT2D eigenvalue weighted by atomic mass is 9.68. The molecule has 0 aromatic heterocycles. The summed E-state index contributed by atoms with van der Waals surface area (Å²) in [4.78, 5) is 0.229. The normalized spacial score (nSPS) is 32.8. The first-order chi connectivity index (χ1) is 12.0. The van der Waals surface area contributed by atoms with E-state index >= 15 is 0 Å². The summed E-state index contributed by atoms with van der Waals surface area (Å²) < 4.78 is 23.6. The molecule has 0 spiro atoms. The summed E-state index contributed by atoms with van der Waals surface area (Å²) in [6, 6.07) is 16.3. The van der Waals surface area contributed by atoms with Gasteiger partial charge < -0.3 is 5.32 Å². The quantitative estimate of drug-likeness (QED) is 0.865. The van der Waals surface area contributed by atoms with Crippen LogP contribution in [0.25, 0.3) is 0 Å². The molecule has 2 aromatic rings. The first kappa shape index (κ1) is 15.4. The van der Waals surface area contributed by atoms with E-state index in [9.17, 15) is 8.42 Å². The average Bonchev–Trinajstić information content (AvgIpc) is 3.23. The number of nitrogens with two attached hydrogens (primary N) is 1. The molecule has 2 aromatic carbocycles. The Balaban J connectivity index is 1.65. The van der Waals surface area contributed by atoms with Crippen LogP contribution >= 0.6 is 0 Å². The van der Waals surface area contributed by atoms with E-state index in [1.165, 1.54) is 24.8 Å². The molecule has 2 aliphatic carbocycles. The Morgan fingerprint density at radius 3 is 2.52 bits per heavy atom. The maximum atomic E-state index is 11.8. The van der Waals surface area contributed by atoms with Crippen molar-refractivity contribution in [2.75, 3.05) is 5.32 Å². The molecule has 4 nitrogen and oxygen atoms in total. The van der Waals surface area contributed by atoms with Crippen LogP contribution in [0, 0.1) is 17.8 Å². The lowest BCUT2D eigenvalue weighted by Gasteiger charge is -2.43. The van der Waals surface area contributed by atoms with Crippen LogP contribution in [0.15, 0.2) is 53.4 Å². The van der Waals surface area contributed by atoms with E-state index in [1.54, 1.807) is 6.07 Å². The minimum absolute atomic E-state index is 0.229. The molecule has 0 radical (unpaired) electrons. The summed E-state index contributed by atoms with van der Waals surface area (Å²) in [5, 5.41) is 9.09. The Bertz CT molecular complexity index is 926. The van der Waals surface area contributed by atoms with Crippen molar-refractivity contribution in [3.05, 3.63) is 59.7 Å². The molecule has 1 aliphatic heterocycles. The molecule has 5 atom stereocenters. The van der Waals surface area contributed by atoms with Crippen molar-refractivity contribution < 1.29 is 8.42 Å². The summed E-state index contributed by atoms with van der Waals surface area (Å²) in [5.41, 5.74) is 3.54. The van der Waals surface area contributed by atoms with Gasteiger partial charge >= 0.3 is 0 Å². The summed E-state index contributed by atoms with van der Waals surface area (Å²) >= 11 is 0. The van der Waals surface area contributed by atoms with Crippen molar-refractivity contribution in [1.29, 1.82) is 0 Å². The van der Waals surface area contributed by atoms with Crippen LogP contribution in [0.2, 0.25) is 0 Å². The van der Waals surface area contributed by atoms with E-state index in [-0.39, 0.29) is 4.90 Å². The summed E-state index contributed by atoms with van der Waals surface area (Å²) in [5.74, 6) is 2.35. The van der Waals surface area contributed by atoms with Crippen molar-refractivity contribution in [2.24, 2.45) is 22.9 Å². The van der Waals surface area contributed by atoms with E-state index in [1.807, 2.05) is 12.1 Å². The van der Waals surface area contributed by atoms with Crippen LogP contribution in [0.4, 0.5) is 5.69 Å². The zero-order chi connectivity index (χ0) is 17.2. The summed E-state index contributed by atoms with van der Waals surface area (Å²) in [6.45, 7) is 0. The molecule has 3 aliphatic rings. The van der Waals surface area contributed by atoms with Gasteiger partial charge in [-0.2, -0.15) is 0 Å². The number of rotatable bonds is 2. The molecular weight excluding hydrogens is 332 g/mol. The number of fused-ring (bicyclic) bond motifs is 7. The number of nitrogens with one attached hydrogen (secondary N) is 1. The van der Waals surface area contributed by atoms with Crippen molar-refractivity contribution in [3.63, 3.8) is 0 Å². The smallest absolute Gasteiger partial charge is 0.238 e. The van der Waals surface area contributed by atoms with Gasteiger partial charge in [-0.3, -0.25) is 0 Å². The fourth-order valence-electron chi connectivity index (χ4n) is 5.63. The van der Waals surface area contributed by atoms with Gasteiger partial charge in [0.1, 0.15) is 0 Å². The standard InChI is InChI=1S/C20H22N2O2S/c21-25(23,24)15-8-9-17-16(11-15)18-13-6-7-14(10-13)19(18)20(22-17)12-4-2-1-3-5-12/h1-5,8-9,11,13-14,18-20,22H,6-7,10H2,(H2,21,23,24). The van der Waals surface area contributed by atoms with Crippen LogP contribution in [0.1, 0.15) is 42.3 Å². The molecule has 2 saturated carbocycles. The van der Waals surface area contributed by atoms with Gasteiger partial charge in [-0.15, -0.1) is 0 Å². The van der Waals surface area contributed by atoms with Crippen molar-refractivity contribution in [3.8, 4) is 0 Å². The van der Waals surface area contributed by atoms with Crippen LogP contribution in [0.5, 0.6) is 0 Å². The van der Waals surface area contributed by atoms with Gasteiger partial charge in [0.15, 0.2) is 0 Å². The molecule has 5 heteroatoms. The third-order valence-electron chi connectivity index (χ3n) is 6.55. The Hall–Kier alpha value is -1.85. The van der Waals surface area contributed by atoms with Gasteiger partial charge in [-0.05, 0) is 72.3 Å². The predicted octanol–water partition coefficient (Wildman–Crippen LogP) is 3.63. The number of primary sulfonamides is 1. The highest BCUT2D eigenvalue weighted by molar-refractivity contribution is 7.89. The summed E-state index contributed by atoms with van der Waals surface area (Å²) in [7, 11) is -3.67. The Labute approximate surface area is 148 Å². The first-order valence-corrected chi connectivity index (χ1v) is 10.6. The number of hydrogen-bond acceptors (Lipinski definition) is 3. The first-order valence-electron chi connectivity index (χ1n) is 9.00.